The predicted molar refractivity (Wildman–Crippen MR) is 127 cm³/mol. The highest BCUT2D eigenvalue weighted by Gasteiger charge is 2.12. The van der Waals surface area contributed by atoms with Crippen LogP contribution in [0.25, 0.3) is 0 Å². The first-order valence-corrected chi connectivity index (χ1v) is 10.4. The topological polar surface area (TPSA) is 105 Å². The molecule has 0 aliphatic carbocycles. The Bertz CT molecular complexity index is 1220. The van der Waals surface area contributed by atoms with Crippen molar-refractivity contribution in [3.8, 4) is 23.0 Å². The van der Waals surface area contributed by atoms with E-state index in [4.69, 9.17) is 9.47 Å². The molecule has 8 heteroatoms. The highest BCUT2D eigenvalue weighted by atomic mass is 16.6. The summed E-state index contributed by atoms with van der Waals surface area (Å²) in [5.41, 5.74) is 2.05. The van der Waals surface area contributed by atoms with Crippen molar-refractivity contribution in [3.63, 3.8) is 0 Å². The van der Waals surface area contributed by atoms with Crippen LogP contribution in [0.4, 0.5) is 11.4 Å². The van der Waals surface area contributed by atoms with Crippen molar-refractivity contribution in [2.75, 3.05) is 0 Å². The highest BCUT2D eigenvalue weighted by molar-refractivity contribution is 5.44. The zero-order chi connectivity index (χ0) is 24.1. The van der Waals surface area contributed by atoms with Gasteiger partial charge in [0.2, 0.25) is 0 Å². The molecule has 0 unspecified atom stereocenters. The predicted octanol–water partition coefficient (Wildman–Crippen LogP) is 7.24. The molecular formula is C26H20N2O6. The molecule has 4 aromatic carbocycles. The Hall–Kier alpha value is -4.72. The molecule has 34 heavy (non-hydrogen) atoms. The molecule has 0 heterocycles. The van der Waals surface area contributed by atoms with E-state index >= 15 is 0 Å². The Morgan fingerprint density at radius 3 is 1.32 bits per heavy atom. The van der Waals surface area contributed by atoms with Gasteiger partial charge in [0.1, 0.15) is 23.0 Å². The van der Waals surface area contributed by atoms with Gasteiger partial charge in [-0.2, -0.15) is 0 Å². The molecule has 0 spiro atoms. The average molecular weight is 456 g/mol. The fraction of sp³-hybridized carbons (Fsp3) is 0.0769. The molecule has 0 bridgehead atoms. The summed E-state index contributed by atoms with van der Waals surface area (Å²) in [6.07, 6.45) is 0. The highest BCUT2D eigenvalue weighted by Crippen LogP contribution is 2.32. The van der Waals surface area contributed by atoms with Crippen LogP contribution in [0.5, 0.6) is 23.0 Å². The maximum atomic E-state index is 10.8. The minimum absolute atomic E-state index is 0.00514. The maximum Gasteiger partial charge on any atom is 0.269 e. The van der Waals surface area contributed by atoms with Gasteiger partial charge in [0.25, 0.3) is 11.4 Å². The zero-order valence-corrected chi connectivity index (χ0v) is 18.2. The summed E-state index contributed by atoms with van der Waals surface area (Å²) >= 11 is 0. The Balaban J connectivity index is 1.48. The lowest BCUT2D eigenvalue weighted by Gasteiger charge is -2.15. The van der Waals surface area contributed by atoms with E-state index in [2.05, 4.69) is 6.92 Å². The number of nitro benzene ring substituents is 2. The summed E-state index contributed by atoms with van der Waals surface area (Å²) in [7, 11) is 0. The van der Waals surface area contributed by atoms with E-state index in [9.17, 15) is 20.2 Å². The second-order valence-electron chi connectivity index (χ2n) is 7.57. The lowest BCUT2D eigenvalue weighted by atomic mass is 9.93. The maximum absolute atomic E-state index is 10.8. The molecule has 0 aliphatic rings. The van der Waals surface area contributed by atoms with Crippen LogP contribution in [0.1, 0.15) is 24.0 Å². The third kappa shape index (κ3) is 5.36. The van der Waals surface area contributed by atoms with Crippen LogP contribution in [0, 0.1) is 20.2 Å². The fourth-order valence-electron chi connectivity index (χ4n) is 3.43. The summed E-state index contributed by atoms with van der Waals surface area (Å²) in [6.45, 7) is 2.07. The first-order chi connectivity index (χ1) is 16.4. The first-order valence-electron chi connectivity index (χ1n) is 10.4. The van der Waals surface area contributed by atoms with Crippen LogP contribution in [0.3, 0.4) is 0 Å². The molecule has 4 aromatic rings. The number of nitrogens with zero attached hydrogens (tertiary/aromatic N) is 2. The molecule has 4 rings (SSSR count). The molecule has 0 amide bonds. The van der Waals surface area contributed by atoms with Crippen molar-refractivity contribution in [1.29, 1.82) is 0 Å². The van der Waals surface area contributed by atoms with Gasteiger partial charge in [-0.3, -0.25) is 20.2 Å². The van der Waals surface area contributed by atoms with Gasteiger partial charge in [0.15, 0.2) is 0 Å². The number of hydrogen-bond acceptors (Lipinski definition) is 6. The number of rotatable bonds is 8. The fourth-order valence-corrected chi connectivity index (χ4v) is 3.43. The SMILES string of the molecule is CC(c1cccc(Oc2ccc([N+](=O)[O-])cc2)c1)c1cccc(Oc2ccc([N+](=O)[O-])cc2)c1. The third-order valence-electron chi connectivity index (χ3n) is 5.28. The van der Waals surface area contributed by atoms with Crippen LogP contribution in [-0.4, -0.2) is 9.85 Å². The summed E-state index contributed by atoms with van der Waals surface area (Å²) in [5, 5.41) is 21.6. The van der Waals surface area contributed by atoms with Crippen LogP contribution in [-0.2, 0) is 0 Å². The number of hydrogen-bond donors (Lipinski definition) is 0. The van der Waals surface area contributed by atoms with Crippen LogP contribution in [0.15, 0.2) is 97.1 Å². The summed E-state index contributed by atoms with van der Waals surface area (Å²) in [6, 6.07) is 27.1. The van der Waals surface area contributed by atoms with Gasteiger partial charge < -0.3 is 9.47 Å². The average Bonchev–Trinajstić information content (AvgIpc) is 2.84. The summed E-state index contributed by atoms with van der Waals surface area (Å²) < 4.78 is 11.7. The molecule has 0 saturated heterocycles. The quantitative estimate of drug-likeness (QED) is 0.204. The summed E-state index contributed by atoms with van der Waals surface area (Å²) in [5.74, 6) is 2.29. The van der Waals surface area contributed by atoms with E-state index in [0.717, 1.165) is 11.1 Å². The molecule has 170 valence electrons. The number of benzene rings is 4. The van der Waals surface area contributed by atoms with Gasteiger partial charge in [-0.05, 0) is 59.7 Å². The van der Waals surface area contributed by atoms with Crippen LogP contribution in [0.2, 0.25) is 0 Å². The Morgan fingerprint density at radius 1 is 0.588 bits per heavy atom. The largest absolute Gasteiger partial charge is 0.457 e. The van der Waals surface area contributed by atoms with Gasteiger partial charge in [-0.1, -0.05) is 31.2 Å². The summed E-state index contributed by atoms with van der Waals surface area (Å²) in [4.78, 5) is 20.7. The molecule has 0 aromatic heterocycles. The monoisotopic (exact) mass is 456 g/mol. The number of ether oxygens (including phenoxy) is 2. The van der Waals surface area contributed by atoms with Gasteiger partial charge in [-0.25, -0.2) is 0 Å². The molecule has 0 fully saturated rings. The standard InChI is InChI=1S/C26H20N2O6/c1-18(19-4-2-6-25(16-19)33-23-12-8-21(9-13-23)27(29)30)20-5-3-7-26(17-20)34-24-14-10-22(11-15-24)28(31)32/h2-18H,1H3. The third-order valence-corrected chi connectivity index (χ3v) is 5.28. The minimum Gasteiger partial charge on any atom is -0.457 e. The van der Waals surface area contributed by atoms with E-state index in [0.29, 0.717) is 23.0 Å². The van der Waals surface area contributed by atoms with Crippen molar-refractivity contribution in [2.45, 2.75) is 12.8 Å². The minimum atomic E-state index is -0.453. The smallest absolute Gasteiger partial charge is 0.269 e. The molecule has 0 N–H and O–H groups in total. The molecular weight excluding hydrogens is 436 g/mol. The lowest BCUT2D eigenvalue weighted by molar-refractivity contribution is -0.385. The van der Waals surface area contributed by atoms with Crippen molar-refractivity contribution in [3.05, 3.63) is 128 Å². The van der Waals surface area contributed by atoms with E-state index in [1.807, 2.05) is 48.5 Å². The van der Waals surface area contributed by atoms with Crippen molar-refractivity contribution >= 4 is 11.4 Å². The van der Waals surface area contributed by atoms with Crippen LogP contribution < -0.4 is 9.47 Å². The Labute approximate surface area is 195 Å². The van der Waals surface area contributed by atoms with Crippen molar-refractivity contribution in [2.24, 2.45) is 0 Å². The second kappa shape index (κ2) is 9.83. The van der Waals surface area contributed by atoms with E-state index < -0.39 is 9.85 Å². The van der Waals surface area contributed by atoms with Gasteiger partial charge in [0, 0.05) is 30.2 Å². The molecule has 0 atom stereocenters. The Morgan fingerprint density at radius 2 is 0.971 bits per heavy atom. The van der Waals surface area contributed by atoms with Gasteiger partial charge in [0.05, 0.1) is 9.85 Å². The molecule has 0 aliphatic heterocycles. The number of non-ortho nitro benzene ring substituents is 2. The normalized spacial score (nSPS) is 10.6. The molecule has 0 radical (unpaired) electrons. The van der Waals surface area contributed by atoms with Crippen molar-refractivity contribution in [1.82, 2.24) is 0 Å². The lowest BCUT2D eigenvalue weighted by Crippen LogP contribution is -1.97. The first kappa shape index (κ1) is 22.5. The number of nitro groups is 2. The van der Waals surface area contributed by atoms with E-state index in [1.165, 1.54) is 24.3 Å². The van der Waals surface area contributed by atoms with Gasteiger partial charge >= 0.3 is 0 Å². The van der Waals surface area contributed by atoms with Crippen LogP contribution >= 0.6 is 0 Å². The molecule has 0 saturated carbocycles. The van der Waals surface area contributed by atoms with Gasteiger partial charge in [-0.15, -0.1) is 0 Å². The Kier molecular flexibility index (Phi) is 6.49. The molecule has 8 nitrogen and oxygen atoms in total. The second-order valence-corrected chi connectivity index (χ2v) is 7.57. The zero-order valence-electron chi connectivity index (χ0n) is 18.2. The van der Waals surface area contributed by atoms with E-state index in [1.54, 1.807) is 24.3 Å². The van der Waals surface area contributed by atoms with Crippen molar-refractivity contribution < 1.29 is 19.3 Å². The van der Waals surface area contributed by atoms with E-state index in [-0.39, 0.29) is 17.3 Å².